The molecule has 23 heavy (non-hydrogen) atoms. The Morgan fingerprint density at radius 1 is 1.09 bits per heavy atom. The quantitative estimate of drug-likeness (QED) is 0.771. The molecule has 120 valence electrons. The minimum atomic E-state index is 0.331. The zero-order chi connectivity index (χ0) is 15.8. The second-order valence-corrected chi connectivity index (χ2v) is 6.63. The van der Waals surface area contributed by atoms with E-state index in [2.05, 4.69) is 10.2 Å². The first-order chi connectivity index (χ1) is 11.2. The number of aromatic nitrogens is 2. The molecule has 2 heterocycles. The third-order valence-electron chi connectivity index (χ3n) is 4.66. The van der Waals surface area contributed by atoms with Crippen LogP contribution in [0.4, 0.5) is 0 Å². The minimum Gasteiger partial charge on any atom is -0.451 e. The van der Waals surface area contributed by atoms with Gasteiger partial charge in [0.25, 0.3) is 5.89 Å². The highest BCUT2D eigenvalue weighted by molar-refractivity contribution is 6.31. The number of nitrogens with zero attached hydrogens (tertiary/aromatic N) is 2. The lowest BCUT2D eigenvalue weighted by molar-refractivity contribution is 0.298. The lowest BCUT2D eigenvalue weighted by Crippen LogP contribution is -2.20. The van der Waals surface area contributed by atoms with E-state index < -0.39 is 0 Å². The highest BCUT2D eigenvalue weighted by Crippen LogP contribution is 2.36. The van der Waals surface area contributed by atoms with E-state index >= 15 is 0 Å². The highest BCUT2D eigenvalue weighted by atomic mass is 35.5. The monoisotopic (exact) mass is 331 g/mol. The molecule has 0 radical (unpaired) electrons. The summed E-state index contributed by atoms with van der Waals surface area (Å²) in [5, 5.41) is 9.97. The number of hydrogen-bond acceptors (Lipinski definition) is 5. The molecular formula is C17H18ClN3O2. The molecular weight excluding hydrogens is 314 g/mol. The summed E-state index contributed by atoms with van der Waals surface area (Å²) in [4.78, 5) is 0. The Morgan fingerprint density at radius 3 is 2.70 bits per heavy atom. The van der Waals surface area contributed by atoms with Crippen LogP contribution >= 0.6 is 11.6 Å². The van der Waals surface area contributed by atoms with Gasteiger partial charge in [0, 0.05) is 16.3 Å². The summed E-state index contributed by atoms with van der Waals surface area (Å²) in [5.41, 5.74) is 6.50. The molecule has 1 aliphatic rings. The van der Waals surface area contributed by atoms with E-state index in [1.165, 1.54) is 0 Å². The number of nitrogens with two attached hydrogens (primary N) is 1. The molecule has 2 aromatic heterocycles. The summed E-state index contributed by atoms with van der Waals surface area (Å²) < 4.78 is 11.6. The normalized spacial score (nSPS) is 21.8. The van der Waals surface area contributed by atoms with Crippen molar-refractivity contribution >= 4 is 22.6 Å². The van der Waals surface area contributed by atoms with Crippen molar-refractivity contribution in [2.45, 2.75) is 31.6 Å². The Balaban J connectivity index is 1.57. The van der Waals surface area contributed by atoms with E-state index in [1.807, 2.05) is 18.2 Å². The van der Waals surface area contributed by atoms with Gasteiger partial charge in [0.05, 0.1) is 0 Å². The van der Waals surface area contributed by atoms with Crippen molar-refractivity contribution in [2.75, 3.05) is 6.54 Å². The molecule has 6 heteroatoms. The second-order valence-electron chi connectivity index (χ2n) is 6.19. The number of rotatable bonds is 3. The zero-order valence-electron chi connectivity index (χ0n) is 12.7. The first-order valence-electron chi connectivity index (χ1n) is 7.96. The van der Waals surface area contributed by atoms with E-state index in [0.29, 0.717) is 34.4 Å². The van der Waals surface area contributed by atoms with Crippen molar-refractivity contribution in [1.29, 1.82) is 0 Å². The fraction of sp³-hybridized carbons (Fsp3) is 0.412. The molecule has 1 aliphatic carbocycles. The van der Waals surface area contributed by atoms with Crippen LogP contribution in [0, 0.1) is 5.92 Å². The van der Waals surface area contributed by atoms with E-state index in [9.17, 15) is 0 Å². The zero-order valence-corrected chi connectivity index (χ0v) is 13.4. The van der Waals surface area contributed by atoms with Gasteiger partial charge in [-0.3, -0.25) is 0 Å². The van der Waals surface area contributed by atoms with Crippen LogP contribution in [0.5, 0.6) is 0 Å². The molecule has 0 unspecified atom stereocenters. The summed E-state index contributed by atoms with van der Waals surface area (Å²) in [5.74, 6) is 2.67. The van der Waals surface area contributed by atoms with Crippen LogP contribution in [0.3, 0.4) is 0 Å². The molecule has 0 amide bonds. The first kappa shape index (κ1) is 14.7. The molecule has 0 spiro atoms. The van der Waals surface area contributed by atoms with Crippen LogP contribution in [-0.2, 0) is 0 Å². The number of furan rings is 1. The molecule has 2 N–H and O–H groups in total. The van der Waals surface area contributed by atoms with Crippen LogP contribution in [0.1, 0.15) is 37.5 Å². The molecule has 0 atom stereocenters. The van der Waals surface area contributed by atoms with Gasteiger partial charge in [-0.15, -0.1) is 10.2 Å². The maximum atomic E-state index is 6.00. The Labute approximate surface area is 138 Å². The van der Waals surface area contributed by atoms with Gasteiger partial charge < -0.3 is 14.6 Å². The molecule has 0 saturated heterocycles. The van der Waals surface area contributed by atoms with Crippen LogP contribution in [0.2, 0.25) is 5.02 Å². The summed E-state index contributed by atoms with van der Waals surface area (Å²) in [7, 11) is 0. The lowest BCUT2D eigenvalue weighted by Gasteiger charge is -2.25. The molecule has 1 aromatic carbocycles. The molecule has 1 saturated carbocycles. The van der Waals surface area contributed by atoms with Gasteiger partial charge in [-0.1, -0.05) is 11.6 Å². The standard InChI is InChI=1S/C17H18ClN3O2/c18-13-5-6-14-12(7-13)8-15(22-14)17-21-20-16(23-17)11-3-1-10(9-19)2-4-11/h5-8,10-11H,1-4,9,19H2/t10-,11-. The van der Waals surface area contributed by atoms with Gasteiger partial charge in [-0.05, 0) is 62.4 Å². The van der Waals surface area contributed by atoms with Crippen molar-refractivity contribution in [1.82, 2.24) is 10.2 Å². The van der Waals surface area contributed by atoms with Gasteiger partial charge in [0.1, 0.15) is 5.58 Å². The largest absolute Gasteiger partial charge is 0.451 e. The van der Waals surface area contributed by atoms with Crippen molar-refractivity contribution in [3.8, 4) is 11.7 Å². The molecule has 3 aromatic rings. The number of fused-ring (bicyclic) bond motifs is 1. The minimum absolute atomic E-state index is 0.331. The fourth-order valence-corrected chi connectivity index (χ4v) is 3.44. The van der Waals surface area contributed by atoms with E-state index in [1.54, 1.807) is 6.07 Å². The fourth-order valence-electron chi connectivity index (χ4n) is 3.26. The summed E-state index contributed by atoms with van der Waals surface area (Å²) in [6.45, 7) is 0.767. The average molecular weight is 332 g/mol. The van der Waals surface area contributed by atoms with Crippen LogP contribution in [-0.4, -0.2) is 16.7 Å². The van der Waals surface area contributed by atoms with E-state index in [-0.39, 0.29) is 0 Å². The number of benzene rings is 1. The van der Waals surface area contributed by atoms with Gasteiger partial charge in [-0.25, -0.2) is 0 Å². The summed E-state index contributed by atoms with van der Waals surface area (Å²) >= 11 is 6.00. The highest BCUT2D eigenvalue weighted by Gasteiger charge is 2.26. The smallest absolute Gasteiger partial charge is 0.283 e. The topological polar surface area (TPSA) is 78.1 Å². The van der Waals surface area contributed by atoms with Crippen molar-refractivity contribution < 1.29 is 8.83 Å². The Bertz CT molecular complexity index is 818. The number of halogens is 1. The van der Waals surface area contributed by atoms with Gasteiger partial charge in [-0.2, -0.15) is 0 Å². The van der Waals surface area contributed by atoms with Crippen molar-refractivity contribution in [3.05, 3.63) is 35.2 Å². The maximum Gasteiger partial charge on any atom is 0.283 e. The first-order valence-corrected chi connectivity index (χ1v) is 8.33. The Kier molecular flexibility index (Phi) is 3.83. The van der Waals surface area contributed by atoms with E-state index in [0.717, 1.165) is 43.2 Å². The van der Waals surface area contributed by atoms with Gasteiger partial charge >= 0.3 is 0 Å². The Hall–Kier alpha value is -1.85. The third kappa shape index (κ3) is 2.86. The SMILES string of the molecule is NC[C@H]1CC[C@H](c2nnc(-c3cc4cc(Cl)ccc4o3)o2)CC1. The molecule has 4 rings (SSSR count). The average Bonchev–Trinajstić information content (AvgIpc) is 3.21. The third-order valence-corrected chi connectivity index (χ3v) is 4.89. The number of hydrogen-bond donors (Lipinski definition) is 1. The summed E-state index contributed by atoms with van der Waals surface area (Å²) in [6, 6.07) is 7.37. The Morgan fingerprint density at radius 2 is 1.91 bits per heavy atom. The second kappa shape index (κ2) is 5.98. The van der Waals surface area contributed by atoms with Gasteiger partial charge in [0.2, 0.25) is 5.89 Å². The summed E-state index contributed by atoms with van der Waals surface area (Å²) in [6.07, 6.45) is 4.36. The predicted octanol–water partition coefficient (Wildman–Crippen LogP) is 4.37. The van der Waals surface area contributed by atoms with Crippen LogP contribution in [0.15, 0.2) is 33.1 Å². The molecule has 5 nitrogen and oxygen atoms in total. The van der Waals surface area contributed by atoms with E-state index in [4.69, 9.17) is 26.2 Å². The molecule has 1 fully saturated rings. The van der Waals surface area contributed by atoms with Crippen molar-refractivity contribution in [2.24, 2.45) is 11.7 Å². The molecule has 0 bridgehead atoms. The molecule has 0 aliphatic heterocycles. The van der Waals surface area contributed by atoms with Crippen LogP contribution in [0.25, 0.3) is 22.6 Å². The van der Waals surface area contributed by atoms with Crippen molar-refractivity contribution in [3.63, 3.8) is 0 Å². The lowest BCUT2D eigenvalue weighted by atomic mass is 9.82. The maximum absolute atomic E-state index is 6.00. The predicted molar refractivity (Wildman–Crippen MR) is 88.3 cm³/mol. The van der Waals surface area contributed by atoms with Crippen LogP contribution < -0.4 is 5.73 Å². The van der Waals surface area contributed by atoms with Gasteiger partial charge in [0.15, 0.2) is 5.76 Å².